The summed E-state index contributed by atoms with van der Waals surface area (Å²) >= 11 is 1.76. The predicted molar refractivity (Wildman–Crippen MR) is 65.4 cm³/mol. The molecule has 3 heteroatoms. The van der Waals surface area contributed by atoms with Gasteiger partial charge in [-0.3, -0.25) is 0 Å². The highest BCUT2D eigenvalue weighted by atomic mass is 32.1. The number of thiophene rings is 1. The first-order valence-electron chi connectivity index (χ1n) is 5.23. The van der Waals surface area contributed by atoms with Gasteiger partial charge in [-0.2, -0.15) is 11.3 Å². The highest BCUT2D eigenvalue weighted by Crippen LogP contribution is 2.15. The number of nitrogens with zero attached hydrogens (tertiary/aromatic N) is 2. The van der Waals surface area contributed by atoms with Crippen molar-refractivity contribution in [2.75, 3.05) is 38.1 Å². The molecule has 14 heavy (non-hydrogen) atoms. The van der Waals surface area contributed by atoms with Crippen LogP contribution in [-0.2, 0) is 0 Å². The van der Waals surface area contributed by atoms with E-state index in [1.807, 2.05) is 0 Å². The Morgan fingerprint density at radius 1 is 1.21 bits per heavy atom. The highest BCUT2D eigenvalue weighted by molar-refractivity contribution is 7.08. The molecule has 0 aliphatic carbocycles. The van der Waals surface area contributed by atoms with E-state index >= 15 is 0 Å². The van der Waals surface area contributed by atoms with Crippen LogP contribution in [0.3, 0.4) is 0 Å². The molecule has 1 heterocycles. The first-order valence-corrected chi connectivity index (χ1v) is 6.17. The van der Waals surface area contributed by atoms with Crippen LogP contribution >= 0.6 is 11.3 Å². The van der Waals surface area contributed by atoms with Gasteiger partial charge in [-0.15, -0.1) is 0 Å². The van der Waals surface area contributed by atoms with Crippen molar-refractivity contribution in [1.29, 1.82) is 0 Å². The third-order valence-electron chi connectivity index (χ3n) is 2.59. The van der Waals surface area contributed by atoms with Crippen LogP contribution in [0.4, 0.5) is 5.69 Å². The summed E-state index contributed by atoms with van der Waals surface area (Å²) in [7, 11) is 2.16. The Kier molecular flexibility index (Phi) is 4.98. The molecule has 1 rings (SSSR count). The molecule has 0 spiro atoms. The quantitative estimate of drug-likeness (QED) is 0.715. The Morgan fingerprint density at radius 3 is 2.43 bits per heavy atom. The van der Waals surface area contributed by atoms with Crippen molar-refractivity contribution in [3.8, 4) is 0 Å². The molecule has 0 saturated heterocycles. The molecule has 1 aromatic rings. The lowest BCUT2D eigenvalue weighted by molar-refractivity contribution is 0.311. The van der Waals surface area contributed by atoms with Gasteiger partial charge in [-0.25, -0.2) is 0 Å². The van der Waals surface area contributed by atoms with Gasteiger partial charge in [0.2, 0.25) is 0 Å². The number of hydrogen-bond donors (Lipinski definition) is 0. The van der Waals surface area contributed by atoms with E-state index in [1.165, 1.54) is 5.69 Å². The van der Waals surface area contributed by atoms with Gasteiger partial charge in [0, 0.05) is 31.2 Å². The van der Waals surface area contributed by atoms with E-state index < -0.39 is 0 Å². The fraction of sp³-hybridized carbons (Fsp3) is 0.636. The minimum atomic E-state index is 1.11. The van der Waals surface area contributed by atoms with E-state index in [-0.39, 0.29) is 0 Å². The van der Waals surface area contributed by atoms with Crippen LogP contribution in [0.5, 0.6) is 0 Å². The molecule has 0 unspecified atom stereocenters. The van der Waals surface area contributed by atoms with E-state index in [1.54, 1.807) is 11.3 Å². The average Bonchev–Trinajstić information content (AvgIpc) is 2.72. The van der Waals surface area contributed by atoms with Crippen LogP contribution in [0.15, 0.2) is 16.8 Å². The van der Waals surface area contributed by atoms with Crippen molar-refractivity contribution in [3.63, 3.8) is 0 Å². The molecule has 0 amide bonds. The molecule has 0 aromatic carbocycles. The first kappa shape index (κ1) is 11.5. The maximum Gasteiger partial charge on any atom is 0.0472 e. The molecule has 0 aliphatic rings. The molecule has 0 atom stereocenters. The summed E-state index contributed by atoms with van der Waals surface area (Å²) in [6.45, 7) is 8.99. The lowest BCUT2D eigenvalue weighted by Gasteiger charge is -2.23. The van der Waals surface area contributed by atoms with Crippen LogP contribution in [0.25, 0.3) is 0 Å². The maximum atomic E-state index is 2.45. The van der Waals surface area contributed by atoms with Crippen LogP contribution in [0, 0.1) is 0 Å². The van der Waals surface area contributed by atoms with Crippen LogP contribution in [0.2, 0.25) is 0 Å². The fourth-order valence-corrected chi connectivity index (χ4v) is 2.13. The van der Waals surface area contributed by atoms with Gasteiger partial charge in [0.05, 0.1) is 0 Å². The number of likely N-dealkylation sites (N-methyl/N-ethyl adjacent to an activating group) is 2. The molecule has 1 aromatic heterocycles. The smallest absolute Gasteiger partial charge is 0.0472 e. The maximum absolute atomic E-state index is 2.45. The molecule has 0 aliphatic heterocycles. The highest BCUT2D eigenvalue weighted by Gasteiger charge is 2.03. The lowest BCUT2D eigenvalue weighted by Crippen LogP contribution is -2.32. The zero-order valence-electron chi connectivity index (χ0n) is 9.36. The second-order valence-corrected chi connectivity index (χ2v) is 4.21. The minimum absolute atomic E-state index is 1.11. The third kappa shape index (κ3) is 3.31. The number of rotatable bonds is 6. The topological polar surface area (TPSA) is 6.48 Å². The summed E-state index contributed by atoms with van der Waals surface area (Å²) in [5.74, 6) is 0. The number of hydrogen-bond acceptors (Lipinski definition) is 3. The van der Waals surface area contributed by atoms with Crippen LogP contribution < -0.4 is 4.90 Å². The van der Waals surface area contributed by atoms with Gasteiger partial charge >= 0.3 is 0 Å². The first-order chi connectivity index (χ1) is 6.77. The van der Waals surface area contributed by atoms with Crippen molar-refractivity contribution in [1.82, 2.24) is 4.90 Å². The predicted octanol–water partition coefficient (Wildman–Crippen LogP) is 2.53. The minimum Gasteiger partial charge on any atom is -0.373 e. The SMILES string of the molecule is CCN(CC)CCN(C)c1ccsc1. The average molecular weight is 212 g/mol. The van der Waals surface area contributed by atoms with E-state index in [2.05, 4.69) is 47.5 Å². The molecule has 0 N–H and O–H groups in total. The van der Waals surface area contributed by atoms with Crippen LogP contribution in [-0.4, -0.2) is 38.1 Å². The zero-order chi connectivity index (χ0) is 10.4. The monoisotopic (exact) mass is 212 g/mol. The third-order valence-corrected chi connectivity index (χ3v) is 3.26. The Balaban J connectivity index is 2.31. The summed E-state index contributed by atoms with van der Waals surface area (Å²) in [5.41, 5.74) is 1.34. The lowest BCUT2D eigenvalue weighted by atomic mass is 10.4. The van der Waals surface area contributed by atoms with Gasteiger partial charge in [-0.05, 0) is 24.5 Å². The van der Waals surface area contributed by atoms with E-state index in [0.717, 1.165) is 26.2 Å². The molecule has 80 valence electrons. The van der Waals surface area contributed by atoms with E-state index in [4.69, 9.17) is 0 Å². The molecule has 0 radical (unpaired) electrons. The second-order valence-electron chi connectivity index (χ2n) is 3.43. The normalized spacial score (nSPS) is 10.9. The summed E-state index contributed by atoms with van der Waals surface area (Å²) in [6.07, 6.45) is 0. The Morgan fingerprint density at radius 2 is 1.93 bits per heavy atom. The zero-order valence-corrected chi connectivity index (χ0v) is 10.2. The summed E-state index contributed by atoms with van der Waals surface area (Å²) < 4.78 is 0. The largest absolute Gasteiger partial charge is 0.373 e. The van der Waals surface area contributed by atoms with Crippen molar-refractivity contribution >= 4 is 17.0 Å². The van der Waals surface area contributed by atoms with Gasteiger partial charge < -0.3 is 9.80 Å². The van der Waals surface area contributed by atoms with Gasteiger partial charge in [0.25, 0.3) is 0 Å². The Hall–Kier alpha value is -0.540. The molecule has 0 saturated carbocycles. The molecular weight excluding hydrogens is 192 g/mol. The van der Waals surface area contributed by atoms with Gasteiger partial charge in [0.1, 0.15) is 0 Å². The summed E-state index contributed by atoms with van der Waals surface area (Å²) in [5, 5.41) is 4.32. The summed E-state index contributed by atoms with van der Waals surface area (Å²) in [4.78, 5) is 4.76. The standard InChI is InChI=1S/C11H20N2S/c1-4-13(5-2)8-7-12(3)11-6-9-14-10-11/h6,9-10H,4-5,7-8H2,1-3H3. The van der Waals surface area contributed by atoms with Crippen molar-refractivity contribution in [3.05, 3.63) is 16.8 Å². The second kappa shape index (κ2) is 6.04. The Labute approximate surface area is 91.1 Å². The van der Waals surface area contributed by atoms with E-state index in [9.17, 15) is 0 Å². The fourth-order valence-electron chi connectivity index (χ4n) is 1.43. The van der Waals surface area contributed by atoms with Crippen LogP contribution in [0.1, 0.15) is 13.8 Å². The Bertz CT molecular complexity index is 229. The molecule has 0 bridgehead atoms. The summed E-state index contributed by atoms with van der Waals surface area (Å²) in [6, 6.07) is 2.17. The molecule has 0 fully saturated rings. The molecule has 2 nitrogen and oxygen atoms in total. The van der Waals surface area contributed by atoms with Gasteiger partial charge in [-0.1, -0.05) is 13.8 Å². The van der Waals surface area contributed by atoms with E-state index in [0.29, 0.717) is 0 Å². The van der Waals surface area contributed by atoms with Crippen molar-refractivity contribution in [2.24, 2.45) is 0 Å². The van der Waals surface area contributed by atoms with Crippen molar-refractivity contribution in [2.45, 2.75) is 13.8 Å². The number of anilines is 1. The molecular formula is C11H20N2S. The van der Waals surface area contributed by atoms with Crippen molar-refractivity contribution < 1.29 is 0 Å². The van der Waals surface area contributed by atoms with Gasteiger partial charge in [0.15, 0.2) is 0 Å².